The largest absolute Gasteiger partial charge is 0.235 e. The van der Waals surface area contributed by atoms with Crippen molar-refractivity contribution in [3.63, 3.8) is 0 Å². The predicted molar refractivity (Wildman–Crippen MR) is 31.5 cm³/mol. The molecule has 0 spiro atoms. The zero-order valence-electron chi connectivity index (χ0n) is 4.76. The molecule has 0 aliphatic heterocycles. The van der Waals surface area contributed by atoms with Gasteiger partial charge in [-0.1, -0.05) is 0 Å². The quantitative estimate of drug-likeness (QED) is 0.516. The van der Waals surface area contributed by atoms with Crippen molar-refractivity contribution < 1.29 is 4.21 Å². The van der Waals surface area contributed by atoms with Crippen molar-refractivity contribution in [3.8, 4) is 0 Å². The fourth-order valence-corrected chi connectivity index (χ4v) is 0.274. The highest BCUT2D eigenvalue weighted by Gasteiger charge is 1.86. The average Bonchev–Trinajstić information content (AvgIpc) is 1.68. The molecule has 1 N–H and O–H groups in total. The Balaban J connectivity index is 4.17. The van der Waals surface area contributed by atoms with E-state index in [4.69, 9.17) is 0 Å². The standard InChI is InChI=1S/C3H10N2OS/c1-4-7(3,6)5-2/h1-3H3,(H,4,5,6). The van der Waals surface area contributed by atoms with E-state index in [-0.39, 0.29) is 0 Å². The Morgan fingerprint density at radius 3 is 2.14 bits per heavy atom. The average molecular weight is 122 g/mol. The minimum absolute atomic E-state index is 1.53. The monoisotopic (exact) mass is 122 g/mol. The van der Waals surface area contributed by atoms with E-state index in [1.807, 2.05) is 0 Å². The van der Waals surface area contributed by atoms with Crippen LogP contribution < -0.4 is 4.72 Å². The zero-order valence-corrected chi connectivity index (χ0v) is 5.58. The maximum atomic E-state index is 10.6. The second-order valence-corrected chi connectivity index (χ2v) is 3.57. The number of hydrogen-bond acceptors (Lipinski definition) is 2. The van der Waals surface area contributed by atoms with Crippen LogP contribution in [0.4, 0.5) is 0 Å². The maximum Gasteiger partial charge on any atom is 0.104 e. The molecule has 0 radical (unpaired) electrons. The Hall–Kier alpha value is -0.0900. The SMILES string of the molecule is CN=S(C)(=O)NC. The van der Waals surface area contributed by atoms with Gasteiger partial charge in [0.1, 0.15) is 9.92 Å². The van der Waals surface area contributed by atoms with Crippen molar-refractivity contribution in [3.05, 3.63) is 0 Å². The van der Waals surface area contributed by atoms with E-state index in [1.54, 1.807) is 13.3 Å². The number of nitrogens with one attached hydrogen (secondary N) is 1. The summed E-state index contributed by atoms with van der Waals surface area (Å²) in [5, 5.41) is 0. The first kappa shape index (κ1) is 6.91. The van der Waals surface area contributed by atoms with E-state index in [0.29, 0.717) is 0 Å². The minimum atomic E-state index is -2.03. The molecule has 0 aromatic rings. The molecule has 0 amide bonds. The third-order valence-corrected chi connectivity index (χ3v) is 2.18. The third kappa shape index (κ3) is 2.59. The van der Waals surface area contributed by atoms with Crippen LogP contribution in [0.2, 0.25) is 0 Å². The molecule has 0 aliphatic rings. The normalized spacial score (nSPS) is 18.1. The summed E-state index contributed by atoms with van der Waals surface area (Å²) in [6.07, 6.45) is 1.55. The molecule has 0 aromatic heterocycles. The van der Waals surface area contributed by atoms with E-state index in [0.717, 1.165) is 0 Å². The van der Waals surface area contributed by atoms with Crippen LogP contribution in [0.3, 0.4) is 0 Å². The lowest BCUT2D eigenvalue weighted by molar-refractivity contribution is 0.674. The van der Waals surface area contributed by atoms with Crippen molar-refractivity contribution in [2.24, 2.45) is 4.36 Å². The Kier molecular flexibility index (Phi) is 2.25. The lowest BCUT2D eigenvalue weighted by Crippen LogP contribution is -2.15. The van der Waals surface area contributed by atoms with Gasteiger partial charge in [0.15, 0.2) is 0 Å². The van der Waals surface area contributed by atoms with Gasteiger partial charge in [-0.05, 0) is 7.05 Å². The van der Waals surface area contributed by atoms with Gasteiger partial charge in [0.05, 0.1) is 0 Å². The summed E-state index contributed by atoms with van der Waals surface area (Å²) >= 11 is 0. The van der Waals surface area contributed by atoms with Crippen LogP contribution in [0.1, 0.15) is 0 Å². The second-order valence-electron chi connectivity index (χ2n) is 1.19. The van der Waals surface area contributed by atoms with Gasteiger partial charge in [0.2, 0.25) is 0 Å². The first-order valence-electron chi connectivity index (χ1n) is 1.91. The molecule has 44 valence electrons. The number of hydrogen-bond donors (Lipinski definition) is 1. The highest BCUT2D eigenvalue weighted by Crippen LogP contribution is 1.75. The summed E-state index contributed by atoms with van der Waals surface area (Å²) in [4.78, 5) is 0. The van der Waals surface area contributed by atoms with Gasteiger partial charge in [-0.2, -0.15) is 0 Å². The molecule has 0 bridgehead atoms. The predicted octanol–water partition coefficient (Wildman–Crippen LogP) is -0.152. The van der Waals surface area contributed by atoms with Crippen LogP contribution in [-0.2, 0) is 9.92 Å². The lowest BCUT2D eigenvalue weighted by atomic mass is 11.6. The number of nitrogens with zero attached hydrogens (tertiary/aromatic N) is 1. The van der Waals surface area contributed by atoms with E-state index in [2.05, 4.69) is 9.08 Å². The molecule has 0 aromatic carbocycles. The molecule has 3 nitrogen and oxygen atoms in total. The van der Waals surface area contributed by atoms with E-state index in [1.165, 1.54) is 7.05 Å². The molecule has 0 saturated heterocycles. The Labute approximate surface area is 44.4 Å². The number of rotatable bonds is 1. The molecule has 4 heteroatoms. The minimum Gasteiger partial charge on any atom is -0.235 e. The van der Waals surface area contributed by atoms with Gasteiger partial charge >= 0.3 is 0 Å². The summed E-state index contributed by atoms with van der Waals surface area (Å²) in [7, 11) is 1.11. The maximum absolute atomic E-state index is 10.6. The van der Waals surface area contributed by atoms with E-state index in [9.17, 15) is 4.21 Å². The van der Waals surface area contributed by atoms with Crippen LogP contribution in [0.15, 0.2) is 4.36 Å². The van der Waals surface area contributed by atoms with Gasteiger partial charge < -0.3 is 0 Å². The molecule has 0 heterocycles. The first-order valence-corrected chi connectivity index (χ1v) is 3.83. The van der Waals surface area contributed by atoms with Gasteiger partial charge in [-0.25, -0.2) is 13.3 Å². The van der Waals surface area contributed by atoms with Gasteiger partial charge in [-0.3, -0.25) is 0 Å². The molecule has 0 saturated carbocycles. The zero-order chi connectivity index (χ0) is 5.91. The molecular formula is C3H10N2OS. The fourth-order valence-electron chi connectivity index (χ4n) is 0.0913. The molecule has 7 heavy (non-hydrogen) atoms. The smallest absolute Gasteiger partial charge is 0.104 e. The van der Waals surface area contributed by atoms with Crippen molar-refractivity contribution >= 4 is 9.92 Å². The Morgan fingerprint density at radius 1 is 1.71 bits per heavy atom. The van der Waals surface area contributed by atoms with Gasteiger partial charge in [0, 0.05) is 13.3 Å². The van der Waals surface area contributed by atoms with Gasteiger partial charge in [-0.15, -0.1) is 0 Å². The van der Waals surface area contributed by atoms with Crippen molar-refractivity contribution in [1.29, 1.82) is 0 Å². The topological polar surface area (TPSA) is 41.5 Å². The van der Waals surface area contributed by atoms with Crippen LogP contribution >= 0.6 is 0 Å². The third-order valence-electron chi connectivity index (χ3n) is 0.727. The van der Waals surface area contributed by atoms with Crippen LogP contribution in [0.25, 0.3) is 0 Å². The summed E-state index contributed by atoms with van der Waals surface area (Å²) in [5.41, 5.74) is 0. The summed E-state index contributed by atoms with van der Waals surface area (Å²) in [6.45, 7) is 0. The Morgan fingerprint density at radius 2 is 2.14 bits per heavy atom. The Bertz CT molecular complexity index is 145. The van der Waals surface area contributed by atoms with Crippen LogP contribution in [0.5, 0.6) is 0 Å². The van der Waals surface area contributed by atoms with E-state index < -0.39 is 9.92 Å². The molecule has 1 unspecified atom stereocenters. The first-order chi connectivity index (χ1) is 3.12. The van der Waals surface area contributed by atoms with Gasteiger partial charge in [0.25, 0.3) is 0 Å². The molecule has 1 atom stereocenters. The molecule has 0 rings (SSSR count). The van der Waals surface area contributed by atoms with Crippen molar-refractivity contribution in [1.82, 2.24) is 4.72 Å². The fraction of sp³-hybridized carbons (Fsp3) is 1.00. The lowest BCUT2D eigenvalue weighted by Gasteiger charge is -1.94. The van der Waals surface area contributed by atoms with Crippen LogP contribution in [-0.4, -0.2) is 24.6 Å². The molecule has 0 aliphatic carbocycles. The summed E-state index contributed by atoms with van der Waals surface area (Å²) in [5.74, 6) is 0. The van der Waals surface area contributed by atoms with E-state index >= 15 is 0 Å². The van der Waals surface area contributed by atoms with Crippen molar-refractivity contribution in [2.45, 2.75) is 0 Å². The highest BCUT2D eigenvalue weighted by molar-refractivity contribution is 7.90. The highest BCUT2D eigenvalue weighted by atomic mass is 32.2. The summed E-state index contributed by atoms with van der Waals surface area (Å²) < 4.78 is 16.8. The van der Waals surface area contributed by atoms with Crippen molar-refractivity contribution in [2.75, 3.05) is 20.4 Å². The molecular weight excluding hydrogens is 112 g/mol. The van der Waals surface area contributed by atoms with Crippen LogP contribution in [0, 0.1) is 0 Å². The summed E-state index contributed by atoms with van der Waals surface area (Å²) in [6, 6.07) is 0. The molecule has 0 fully saturated rings. The second kappa shape index (κ2) is 2.28.